The molecule has 0 saturated carbocycles. The standard InChI is InChI=1S/C33H33ClF2N8O2S/c1-5-23(45)44-12-9-22(17(44)2)42(4)31-20-14-39-26(19-7-8-21(36)29-24(19)28(38-3)30(37)47-29)25(34)27(20)40-32(41-31)46-16-33-10-6-11-43(33)15-18(35)13-33/h5,7-8,14,17-18,22H,1,6,9-13,15-16,37H2,2,4H3/t17-,18+,22+,33-/m0/s1. The average Bonchev–Trinajstić information content (AvgIpc) is 3.80. The van der Waals surface area contributed by atoms with Crippen molar-refractivity contribution in [3.8, 4) is 17.3 Å². The molecule has 0 unspecified atom stereocenters. The van der Waals surface area contributed by atoms with E-state index in [1.807, 2.05) is 18.9 Å². The second kappa shape index (κ2) is 11.8. The fourth-order valence-electron chi connectivity index (χ4n) is 7.70. The first kappa shape index (κ1) is 31.5. The molecule has 47 heavy (non-hydrogen) atoms. The summed E-state index contributed by atoms with van der Waals surface area (Å²) in [6.07, 6.45) is 4.90. The molecule has 6 heterocycles. The number of hydrogen-bond donors (Lipinski definition) is 1. The number of likely N-dealkylation sites (N-methyl/N-ethyl adjacent to an activating group) is 1. The minimum absolute atomic E-state index is 0.0810. The van der Waals surface area contributed by atoms with Gasteiger partial charge in [-0.15, -0.1) is 11.3 Å². The van der Waals surface area contributed by atoms with E-state index in [1.165, 1.54) is 18.2 Å². The number of thiophene rings is 1. The zero-order valence-electron chi connectivity index (χ0n) is 26.0. The number of benzene rings is 1. The Balaban J connectivity index is 1.35. The van der Waals surface area contributed by atoms with Gasteiger partial charge in [-0.1, -0.05) is 24.2 Å². The van der Waals surface area contributed by atoms with Gasteiger partial charge in [0.25, 0.3) is 0 Å². The number of pyridine rings is 1. The minimum atomic E-state index is -0.912. The highest BCUT2D eigenvalue weighted by Gasteiger charge is 2.49. The van der Waals surface area contributed by atoms with Crippen LogP contribution in [-0.4, -0.2) is 87.7 Å². The largest absolute Gasteiger partial charge is 0.461 e. The molecule has 3 aromatic heterocycles. The van der Waals surface area contributed by atoms with Crippen LogP contribution in [0.25, 0.3) is 37.1 Å². The van der Waals surface area contributed by atoms with Crippen LogP contribution in [0.4, 0.5) is 25.3 Å². The van der Waals surface area contributed by atoms with Crippen LogP contribution < -0.4 is 15.4 Å². The highest BCUT2D eigenvalue weighted by Crippen LogP contribution is 2.48. The summed E-state index contributed by atoms with van der Waals surface area (Å²) < 4.78 is 36.0. The van der Waals surface area contributed by atoms with Gasteiger partial charge in [0.1, 0.15) is 29.9 Å². The van der Waals surface area contributed by atoms with Crippen molar-refractivity contribution in [3.63, 3.8) is 0 Å². The van der Waals surface area contributed by atoms with Crippen LogP contribution in [0.3, 0.4) is 0 Å². The monoisotopic (exact) mass is 678 g/mol. The highest BCUT2D eigenvalue weighted by molar-refractivity contribution is 7.23. The smallest absolute Gasteiger partial charge is 0.319 e. The number of alkyl halides is 1. The van der Waals surface area contributed by atoms with Crippen LogP contribution in [-0.2, 0) is 4.79 Å². The Bertz CT molecular complexity index is 1980. The Labute approximate surface area is 279 Å². The maximum atomic E-state index is 14.9. The zero-order valence-corrected chi connectivity index (χ0v) is 27.5. The molecule has 3 aliphatic heterocycles. The second-order valence-corrected chi connectivity index (χ2v) is 14.0. The number of anilines is 2. The normalized spacial score (nSPS) is 24.2. The van der Waals surface area contributed by atoms with Gasteiger partial charge in [0.05, 0.1) is 44.0 Å². The number of nitrogen functional groups attached to an aromatic ring is 1. The van der Waals surface area contributed by atoms with E-state index in [0.29, 0.717) is 59.3 Å². The number of likely N-dealkylation sites (tertiary alicyclic amines) is 1. The summed E-state index contributed by atoms with van der Waals surface area (Å²) in [5.74, 6) is -0.121. The lowest BCUT2D eigenvalue weighted by Gasteiger charge is -2.33. The third-order valence-corrected chi connectivity index (χ3v) is 11.4. The van der Waals surface area contributed by atoms with Gasteiger partial charge in [-0.25, -0.2) is 13.6 Å². The highest BCUT2D eigenvalue weighted by atomic mass is 35.5. The average molecular weight is 679 g/mol. The van der Waals surface area contributed by atoms with Crippen molar-refractivity contribution in [1.29, 1.82) is 0 Å². The lowest BCUT2D eigenvalue weighted by molar-refractivity contribution is -0.126. The van der Waals surface area contributed by atoms with Crippen LogP contribution in [0, 0.1) is 12.4 Å². The molecule has 2 N–H and O–H groups in total. The van der Waals surface area contributed by atoms with Gasteiger partial charge in [0, 0.05) is 49.7 Å². The Morgan fingerprint density at radius 3 is 2.96 bits per heavy atom. The van der Waals surface area contributed by atoms with Crippen molar-refractivity contribution >= 4 is 66.3 Å². The van der Waals surface area contributed by atoms with E-state index in [9.17, 15) is 13.6 Å². The number of hydrogen-bond acceptors (Lipinski definition) is 9. The van der Waals surface area contributed by atoms with Crippen LogP contribution >= 0.6 is 22.9 Å². The van der Waals surface area contributed by atoms with Gasteiger partial charge >= 0.3 is 6.01 Å². The predicted octanol–water partition coefficient (Wildman–Crippen LogP) is 6.40. The third kappa shape index (κ3) is 5.05. The van der Waals surface area contributed by atoms with Gasteiger partial charge in [-0.3, -0.25) is 14.7 Å². The van der Waals surface area contributed by atoms with Gasteiger partial charge in [-0.05, 0) is 44.9 Å². The molecule has 0 bridgehead atoms. The number of halogens is 3. The van der Waals surface area contributed by atoms with Crippen molar-refractivity contribution in [1.82, 2.24) is 24.8 Å². The van der Waals surface area contributed by atoms with Gasteiger partial charge in [0.2, 0.25) is 11.6 Å². The molecule has 10 nitrogen and oxygen atoms in total. The number of nitrogens with zero attached hydrogens (tertiary/aromatic N) is 7. The molecule has 0 aliphatic carbocycles. The summed E-state index contributed by atoms with van der Waals surface area (Å²) in [6, 6.07) is 2.69. The maximum Gasteiger partial charge on any atom is 0.319 e. The number of carbonyl (C=O) groups excluding carboxylic acids is 1. The molecule has 7 rings (SSSR count). The number of nitrogens with two attached hydrogens (primary N) is 1. The maximum absolute atomic E-state index is 14.9. The number of carbonyl (C=O) groups is 1. The van der Waals surface area contributed by atoms with Gasteiger partial charge < -0.3 is 20.3 Å². The summed E-state index contributed by atoms with van der Waals surface area (Å²) >= 11 is 8.13. The molecular weight excluding hydrogens is 646 g/mol. The van der Waals surface area contributed by atoms with E-state index in [0.717, 1.165) is 30.7 Å². The molecular formula is C33H33ClF2N8O2S. The molecule has 0 radical (unpaired) electrons. The first-order valence-electron chi connectivity index (χ1n) is 15.5. The lowest BCUT2D eigenvalue weighted by atomic mass is 9.95. The van der Waals surface area contributed by atoms with Crippen molar-refractivity contribution in [2.24, 2.45) is 0 Å². The number of aromatic nitrogens is 3. The molecule has 4 atom stereocenters. The summed E-state index contributed by atoms with van der Waals surface area (Å²) in [7, 11) is 1.90. The van der Waals surface area contributed by atoms with E-state index in [2.05, 4.69) is 16.3 Å². The Morgan fingerprint density at radius 1 is 1.38 bits per heavy atom. The lowest BCUT2D eigenvalue weighted by Crippen LogP contribution is -2.44. The van der Waals surface area contributed by atoms with Crippen LogP contribution in [0.15, 0.2) is 31.0 Å². The van der Waals surface area contributed by atoms with Crippen LogP contribution in [0.5, 0.6) is 6.01 Å². The number of fused-ring (bicyclic) bond motifs is 3. The molecule has 3 fully saturated rings. The van der Waals surface area contributed by atoms with E-state index in [-0.39, 0.29) is 51.0 Å². The molecule has 3 aliphatic rings. The predicted molar refractivity (Wildman–Crippen MR) is 181 cm³/mol. The minimum Gasteiger partial charge on any atom is -0.461 e. The van der Waals surface area contributed by atoms with E-state index >= 15 is 0 Å². The molecule has 0 spiro atoms. The van der Waals surface area contributed by atoms with Crippen molar-refractivity contribution < 1.29 is 18.3 Å². The number of ether oxygens (including phenoxy) is 1. The second-order valence-electron chi connectivity index (χ2n) is 12.5. The van der Waals surface area contributed by atoms with E-state index < -0.39 is 17.5 Å². The van der Waals surface area contributed by atoms with Crippen LogP contribution in [0.1, 0.15) is 32.6 Å². The Hall–Kier alpha value is -4.12. The molecule has 244 valence electrons. The van der Waals surface area contributed by atoms with Gasteiger partial charge in [-0.2, -0.15) is 9.97 Å². The fourth-order valence-corrected chi connectivity index (χ4v) is 8.93. The summed E-state index contributed by atoms with van der Waals surface area (Å²) in [6.45, 7) is 15.3. The first-order chi connectivity index (χ1) is 22.6. The first-order valence-corrected chi connectivity index (χ1v) is 16.7. The quantitative estimate of drug-likeness (QED) is 0.177. The summed E-state index contributed by atoms with van der Waals surface area (Å²) in [5, 5.41) is 1.27. The SMILES string of the molecule is [C-]#[N+]c1c(N)sc2c(F)ccc(-c3ncc4c(N(C)[C@@H]5CCN(C(=O)C=C)[C@H]5C)nc(OC[C@@]56CCCN5C[C@H](F)C6)nc4c3Cl)c12. The summed E-state index contributed by atoms with van der Waals surface area (Å²) in [4.78, 5) is 36.4. The molecule has 3 saturated heterocycles. The topological polar surface area (TPSA) is 105 Å². The fraction of sp³-hybridized carbons (Fsp3) is 0.424. The van der Waals surface area contributed by atoms with Crippen molar-refractivity contribution in [3.05, 3.63) is 53.2 Å². The molecule has 14 heteroatoms. The Kier molecular flexibility index (Phi) is 7.93. The van der Waals surface area contributed by atoms with Gasteiger partial charge in [0.15, 0.2) is 0 Å². The van der Waals surface area contributed by atoms with Crippen molar-refractivity contribution in [2.45, 2.75) is 56.4 Å². The zero-order chi connectivity index (χ0) is 33.2. The summed E-state index contributed by atoms with van der Waals surface area (Å²) in [5.41, 5.74) is 6.94. The van der Waals surface area contributed by atoms with Crippen molar-refractivity contribution in [2.75, 3.05) is 43.9 Å². The van der Waals surface area contributed by atoms with Crippen LogP contribution in [0.2, 0.25) is 5.02 Å². The number of rotatable bonds is 7. The van der Waals surface area contributed by atoms with E-state index in [1.54, 1.807) is 11.1 Å². The van der Waals surface area contributed by atoms with E-state index in [4.69, 9.17) is 43.6 Å². The third-order valence-electron chi connectivity index (χ3n) is 10.0. The number of amides is 1. The molecule has 1 amide bonds. The Morgan fingerprint density at radius 2 is 2.19 bits per heavy atom. The molecule has 4 aromatic rings. The molecule has 1 aromatic carbocycles.